The van der Waals surface area contributed by atoms with Crippen LogP contribution in [-0.2, 0) is 0 Å². The van der Waals surface area contributed by atoms with E-state index in [4.69, 9.17) is 26.6 Å². The molecular formula is C90H58BClN8O2. The Morgan fingerprint density at radius 3 is 1.06 bits per heavy atom. The van der Waals surface area contributed by atoms with E-state index >= 15 is 0 Å². The Morgan fingerprint density at radius 1 is 0.235 bits per heavy atom. The molecule has 0 aliphatic rings. The summed E-state index contributed by atoms with van der Waals surface area (Å²) in [5.74, 6) is 3.10. The summed E-state index contributed by atoms with van der Waals surface area (Å²) in [4.78, 5) is 28.4. The van der Waals surface area contributed by atoms with E-state index in [1.165, 1.54) is 64.9 Å². The molecule has 480 valence electrons. The van der Waals surface area contributed by atoms with E-state index in [1.54, 1.807) is 0 Å². The minimum atomic E-state index is -1.51. The van der Waals surface area contributed by atoms with Gasteiger partial charge >= 0.3 is 7.12 Å². The molecule has 0 fully saturated rings. The number of para-hydroxylation sites is 2. The molecule has 2 N–H and O–H groups in total. The predicted molar refractivity (Wildman–Crippen MR) is 422 cm³/mol. The van der Waals surface area contributed by atoms with Gasteiger partial charge in [0.25, 0.3) is 0 Å². The molecule has 0 radical (unpaired) electrons. The Labute approximate surface area is 591 Å². The molecule has 0 aliphatic heterocycles. The maximum Gasteiger partial charge on any atom is 0.489 e. The normalized spacial score (nSPS) is 11.5. The van der Waals surface area contributed by atoms with Crippen LogP contribution >= 0.6 is 11.6 Å². The fourth-order valence-corrected chi connectivity index (χ4v) is 14.6. The molecule has 0 saturated heterocycles. The molecule has 0 aliphatic carbocycles. The Balaban J connectivity index is 0.000000120. The van der Waals surface area contributed by atoms with Gasteiger partial charge in [-0.15, -0.1) is 0 Å². The summed E-state index contributed by atoms with van der Waals surface area (Å²) in [7, 11) is -1.51. The third kappa shape index (κ3) is 11.3. The van der Waals surface area contributed by atoms with Gasteiger partial charge in [-0.3, -0.25) is 0 Å². The van der Waals surface area contributed by atoms with Crippen molar-refractivity contribution in [2.45, 2.75) is 0 Å². The van der Waals surface area contributed by atoms with Crippen LogP contribution in [0.4, 0.5) is 0 Å². The zero-order valence-electron chi connectivity index (χ0n) is 54.8. The molecule has 0 atom stereocenters. The molecule has 20 aromatic rings. The van der Waals surface area contributed by atoms with Crippen molar-refractivity contribution in [3.63, 3.8) is 0 Å². The summed E-state index contributed by atoms with van der Waals surface area (Å²) in [6.45, 7) is 0. The lowest BCUT2D eigenvalue weighted by molar-refractivity contribution is 0.426. The first kappa shape index (κ1) is 61.3. The Morgan fingerprint density at radius 2 is 0.578 bits per heavy atom. The average Bonchev–Trinajstić information content (AvgIpc) is 1.58. The summed E-state index contributed by atoms with van der Waals surface area (Å²) in [6.07, 6.45) is 0. The zero-order valence-corrected chi connectivity index (χ0v) is 55.5. The summed E-state index contributed by atoms with van der Waals surface area (Å²) >= 11 is 6.11. The van der Waals surface area contributed by atoms with Crippen molar-refractivity contribution in [2.24, 2.45) is 0 Å². The highest BCUT2D eigenvalue weighted by Crippen LogP contribution is 2.41. The first-order valence-corrected chi connectivity index (χ1v) is 34.2. The fourth-order valence-electron chi connectivity index (χ4n) is 14.4. The van der Waals surface area contributed by atoms with Gasteiger partial charge in [-0.25, -0.2) is 19.9 Å². The van der Waals surface area contributed by atoms with Crippen molar-refractivity contribution in [3.8, 4) is 68.3 Å². The minimum absolute atomic E-state index is 0.196. The zero-order chi connectivity index (χ0) is 68.2. The van der Waals surface area contributed by atoms with Gasteiger partial charge in [0, 0.05) is 60.1 Å². The van der Waals surface area contributed by atoms with Gasteiger partial charge in [-0.2, -0.15) is 9.97 Å². The highest BCUT2D eigenvalue weighted by atomic mass is 35.5. The first-order chi connectivity index (χ1) is 50.3. The topological polar surface area (TPSA) is 128 Å². The van der Waals surface area contributed by atoms with Crippen molar-refractivity contribution in [3.05, 3.63) is 345 Å². The van der Waals surface area contributed by atoms with Crippen molar-refractivity contribution < 1.29 is 10.0 Å². The van der Waals surface area contributed by atoms with Crippen molar-refractivity contribution in [1.82, 2.24) is 39.0 Å². The molecule has 0 saturated carbocycles. The average molecular weight is 1330 g/mol. The Bertz CT molecular complexity index is 6660. The number of rotatable bonds is 8. The molecular weight excluding hydrogens is 1270 g/mol. The number of fused-ring (bicyclic) bond motifs is 12. The van der Waals surface area contributed by atoms with E-state index in [0.29, 0.717) is 34.6 Å². The second-order valence-electron chi connectivity index (χ2n) is 25.3. The number of aromatic nitrogens is 8. The summed E-state index contributed by atoms with van der Waals surface area (Å²) < 4.78 is 4.69. The Hall–Kier alpha value is -13.0. The van der Waals surface area contributed by atoms with E-state index < -0.39 is 7.12 Å². The van der Waals surface area contributed by atoms with Crippen LogP contribution in [0.2, 0.25) is 5.28 Å². The third-order valence-corrected chi connectivity index (χ3v) is 19.4. The smallest absolute Gasteiger partial charge is 0.423 e. The molecule has 20 rings (SSSR count). The lowest BCUT2D eigenvalue weighted by atomic mass is 9.77. The largest absolute Gasteiger partial charge is 0.489 e. The number of halogens is 1. The maximum absolute atomic E-state index is 9.85. The SMILES string of the molecule is Clc1nc(-c2ccccc2)nc(-c2ccc3ccccc3c2)n1.OB(O)c1ccc(-n2c3ccccc3c3cc4ccccc4cc32)c2ccccc12.c1ccc(-c2nc(-c3ccc4ccccc4c3)nc(-c3ccc(-n4c5ccccc5c5cc6ccccc6cc54)c4ccccc34)n2)cc1. The summed E-state index contributed by atoms with van der Waals surface area (Å²) in [5, 5.41) is 38.4. The maximum atomic E-state index is 9.85. The van der Waals surface area contributed by atoms with Crippen molar-refractivity contribution in [1.29, 1.82) is 0 Å². The van der Waals surface area contributed by atoms with Crippen LogP contribution in [-0.4, -0.2) is 56.2 Å². The highest BCUT2D eigenvalue weighted by molar-refractivity contribution is 6.62. The van der Waals surface area contributed by atoms with Crippen LogP contribution in [0.3, 0.4) is 0 Å². The molecule has 0 amide bonds. The number of hydrogen-bond acceptors (Lipinski definition) is 8. The van der Waals surface area contributed by atoms with Crippen LogP contribution in [0.1, 0.15) is 0 Å². The quantitative estimate of drug-likeness (QED) is 0.144. The second-order valence-corrected chi connectivity index (χ2v) is 25.7. The van der Waals surface area contributed by atoms with E-state index in [0.717, 1.165) is 82.5 Å². The third-order valence-electron chi connectivity index (χ3n) is 19.2. The van der Waals surface area contributed by atoms with Gasteiger partial charge in [0.05, 0.1) is 33.4 Å². The molecule has 4 aromatic heterocycles. The van der Waals surface area contributed by atoms with Gasteiger partial charge in [0.1, 0.15) is 0 Å². The van der Waals surface area contributed by atoms with Gasteiger partial charge < -0.3 is 19.2 Å². The van der Waals surface area contributed by atoms with Gasteiger partial charge in [0.15, 0.2) is 29.1 Å². The van der Waals surface area contributed by atoms with Crippen LogP contribution < -0.4 is 5.46 Å². The number of nitrogens with zero attached hydrogens (tertiary/aromatic N) is 8. The second kappa shape index (κ2) is 26.0. The van der Waals surface area contributed by atoms with E-state index in [-0.39, 0.29) is 5.28 Å². The molecule has 12 heteroatoms. The lowest BCUT2D eigenvalue weighted by Crippen LogP contribution is -2.30. The van der Waals surface area contributed by atoms with Gasteiger partial charge in [-0.05, 0) is 138 Å². The number of hydrogen-bond donors (Lipinski definition) is 2. The molecule has 102 heavy (non-hydrogen) atoms. The van der Waals surface area contributed by atoms with Gasteiger partial charge in [0.2, 0.25) is 5.28 Å². The minimum Gasteiger partial charge on any atom is -0.423 e. The molecule has 0 unspecified atom stereocenters. The molecule has 0 spiro atoms. The van der Waals surface area contributed by atoms with E-state index in [9.17, 15) is 10.0 Å². The Kier molecular flexibility index (Phi) is 15.6. The fraction of sp³-hybridized carbons (Fsp3) is 0. The molecule has 0 bridgehead atoms. The van der Waals surface area contributed by atoms with E-state index in [2.05, 4.69) is 261 Å². The first-order valence-electron chi connectivity index (χ1n) is 33.8. The van der Waals surface area contributed by atoms with Crippen LogP contribution in [0.5, 0.6) is 0 Å². The predicted octanol–water partition coefficient (Wildman–Crippen LogP) is 21.2. The standard InChI is InChI=1S/C45H28N4.C26H18BNO2.C19H12ClN3/c1-2-13-30(14-3-1)43-46-44(34-23-22-29-12-4-5-15-31(29)26-34)48-45(47-43)38-24-25-41(36-19-9-8-18-35(36)38)49-40-21-11-10-20-37(40)39-27-32-16-6-7-17-33(32)28-42(39)49;29-27(30)23-13-14-25(20-10-4-3-9-19(20)23)28-24-12-6-5-11-21(24)22-15-17-7-1-2-8-18(17)16-26(22)28;20-19-22-17(14-7-2-1-3-8-14)21-18(23-19)16-11-10-13-6-4-5-9-15(13)12-16/h1-28H;1-16,29-30H;1-12H. The summed E-state index contributed by atoms with van der Waals surface area (Å²) in [6, 6.07) is 117. The monoisotopic (exact) mass is 1330 g/mol. The van der Waals surface area contributed by atoms with E-state index in [1.807, 2.05) is 103 Å². The van der Waals surface area contributed by atoms with Crippen LogP contribution in [0.15, 0.2) is 340 Å². The number of benzene rings is 16. The molecule has 10 nitrogen and oxygen atoms in total. The highest BCUT2D eigenvalue weighted by Gasteiger charge is 2.23. The van der Waals surface area contributed by atoms with Gasteiger partial charge in [-0.1, -0.05) is 273 Å². The lowest BCUT2D eigenvalue weighted by Gasteiger charge is -2.15. The van der Waals surface area contributed by atoms with Crippen LogP contribution in [0.25, 0.3) is 177 Å². The molecule has 4 heterocycles. The van der Waals surface area contributed by atoms with Crippen molar-refractivity contribution in [2.75, 3.05) is 0 Å². The molecule has 16 aromatic carbocycles. The van der Waals surface area contributed by atoms with Crippen LogP contribution in [0, 0.1) is 0 Å². The van der Waals surface area contributed by atoms with Crippen molar-refractivity contribution >= 4 is 132 Å². The summed E-state index contributed by atoms with van der Waals surface area (Å²) in [5.41, 5.74) is 12.0.